The third kappa shape index (κ3) is 5.29. The van der Waals surface area contributed by atoms with E-state index in [1.54, 1.807) is 6.07 Å². The number of amides is 1. The van der Waals surface area contributed by atoms with Gasteiger partial charge in [-0.05, 0) is 62.1 Å². The molecule has 0 aliphatic carbocycles. The fourth-order valence-electron chi connectivity index (χ4n) is 4.19. The Hall–Kier alpha value is -2.18. The van der Waals surface area contributed by atoms with E-state index in [-0.39, 0.29) is 11.7 Å². The highest BCUT2D eigenvalue weighted by molar-refractivity contribution is 6.33. The van der Waals surface area contributed by atoms with Crippen LogP contribution in [-0.2, 0) is 17.6 Å². The number of hydrogen-bond donors (Lipinski definition) is 1. The van der Waals surface area contributed by atoms with Crippen molar-refractivity contribution in [2.24, 2.45) is 0 Å². The second-order valence-corrected chi connectivity index (χ2v) is 8.50. The summed E-state index contributed by atoms with van der Waals surface area (Å²) in [4.78, 5) is 20.9. The molecule has 2 aromatic rings. The Kier molecular flexibility index (Phi) is 6.85. The van der Waals surface area contributed by atoms with Crippen LogP contribution in [0.4, 0.5) is 15.9 Å². The van der Waals surface area contributed by atoms with Crippen LogP contribution in [0.25, 0.3) is 0 Å². The summed E-state index contributed by atoms with van der Waals surface area (Å²) in [5, 5.41) is 3.36. The van der Waals surface area contributed by atoms with Crippen molar-refractivity contribution in [3.8, 4) is 0 Å². The van der Waals surface area contributed by atoms with Crippen LogP contribution >= 0.6 is 11.6 Å². The molecule has 1 amide bonds. The number of rotatable bonds is 7. The summed E-state index contributed by atoms with van der Waals surface area (Å²) in [5.41, 5.74) is 3.12. The van der Waals surface area contributed by atoms with Crippen molar-refractivity contribution < 1.29 is 9.18 Å². The molecule has 0 radical (unpaired) electrons. The van der Waals surface area contributed by atoms with E-state index in [9.17, 15) is 9.18 Å². The van der Waals surface area contributed by atoms with E-state index in [0.717, 1.165) is 81.2 Å². The van der Waals surface area contributed by atoms with Crippen LogP contribution in [0, 0.1) is 5.82 Å². The maximum absolute atomic E-state index is 13.2. The lowest BCUT2D eigenvalue weighted by molar-refractivity contribution is -0.116. The maximum Gasteiger partial charge on any atom is 0.225 e. The van der Waals surface area contributed by atoms with Gasteiger partial charge >= 0.3 is 0 Å². The van der Waals surface area contributed by atoms with E-state index >= 15 is 0 Å². The number of anilines is 2. The standard InChI is InChI=1S/C23H28ClFN4O/c24-20-16-18(25)7-9-21(20)29-14-12-28(13-15-29)11-3-1-2-4-19-8-5-17-6-10-22(30)27-23(17)26-19/h5,7-9,16H,1-4,6,10-15H2,(H,26,27,30). The normalized spacial score (nSPS) is 17.0. The molecule has 0 saturated carbocycles. The first-order valence-corrected chi connectivity index (χ1v) is 11.2. The van der Waals surface area contributed by atoms with Gasteiger partial charge in [-0.1, -0.05) is 24.1 Å². The van der Waals surface area contributed by atoms with Crippen LogP contribution < -0.4 is 10.2 Å². The van der Waals surface area contributed by atoms with Crippen molar-refractivity contribution in [1.29, 1.82) is 0 Å². The number of unbranched alkanes of at least 4 members (excludes halogenated alkanes) is 2. The van der Waals surface area contributed by atoms with Gasteiger partial charge < -0.3 is 10.2 Å². The number of carbonyl (C=O) groups excluding carboxylic acids is 1. The van der Waals surface area contributed by atoms with Crippen molar-refractivity contribution in [2.45, 2.75) is 38.5 Å². The summed E-state index contributed by atoms with van der Waals surface area (Å²) < 4.78 is 13.2. The fraction of sp³-hybridized carbons (Fsp3) is 0.478. The molecule has 5 nitrogen and oxygen atoms in total. The zero-order valence-electron chi connectivity index (χ0n) is 17.2. The maximum atomic E-state index is 13.2. The van der Waals surface area contributed by atoms with Crippen molar-refractivity contribution in [1.82, 2.24) is 9.88 Å². The average Bonchev–Trinajstić information content (AvgIpc) is 2.74. The first kappa shape index (κ1) is 21.1. The molecule has 1 aromatic heterocycles. The molecule has 1 N–H and O–H groups in total. The van der Waals surface area contributed by atoms with Gasteiger partial charge in [0.05, 0.1) is 10.7 Å². The quantitative estimate of drug-likeness (QED) is 0.665. The zero-order chi connectivity index (χ0) is 20.9. The van der Waals surface area contributed by atoms with Crippen molar-refractivity contribution in [3.63, 3.8) is 0 Å². The van der Waals surface area contributed by atoms with Crippen LogP contribution in [0.2, 0.25) is 5.02 Å². The summed E-state index contributed by atoms with van der Waals surface area (Å²) >= 11 is 6.19. The van der Waals surface area contributed by atoms with Gasteiger partial charge in [0.15, 0.2) is 0 Å². The molecule has 0 bridgehead atoms. The number of benzene rings is 1. The molecular weight excluding hydrogens is 403 g/mol. The Morgan fingerprint density at radius 1 is 1.03 bits per heavy atom. The molecule has 0 unspecified atom stereocenters. The summed E-state index contributed by atoms with van der Waals surface area (Å²) in [6.45, 7) is 4.92. The second kappa shape index (κ2) is 9.75. The summed E-state index contributed by atoms with van der Waals surface area (Å²) in [5.74, 6) is 0.523. The molecular formula is C23H28ClFN4O. The average molecular weight is 431 g/mol. The van der Waals surface area contributed by atoms with Crippen molar-refractivity contribution in [2.75, 3.05) is 42.9 Å². The molecule has 30 heavy (non-hydrogen) atoms. The predicted octanol–water partition coefficient (Wildman–Crippen LogP) is 4.29. The van der Waals surface area contributed by atoms with Gasteiger partial charge in [-0.15, -0.1) is 0 Å². The van der Waals surface area contributed by atoms with Gasteiger partial charge in [-0.3, -0.25) is 9.69 Å². The molecule has 160 valence electrons. The van der Waals surface area contributed by atoms with Gasteiger partial charge in [0, 0.05) is 38.3 Å². The second-order valence-electron chi connectivity index (χ2n) is 8.09. The van der Waals surface area contributed by atoms with Gasteiger partial charge in [-0.2, -0.15) is 0 Å². The molecule has 0 atom stereocenters. The van der Waals surface area contributed by atoms with E-state index < -0.39 is 0 Å². The molecule has 0 spiro atoms. The highest BCUT2D eigenvalue weighted by Gasteiger charge is 2.19. The number of fused-ring (bicyclic) bond motifs is 1. The number of nitrogens with one attached hydrogen (secondary N) is 1. The Morgan fingerprint density at radius 3 is 2.67 bits per heavy atom. The number of hydrogen-bond acceptors (Lipinski definition) is 4. The lowest BCUT2D eigenvalue weighted by atomic mass is 10.0. The Balaban J connectivity index is 1.15. The lowest BCUT2D eigenvalue weighted by Gasteiger charge is -2.36. The molecule has 2 aliphatic heterocycles. The van der Waals surface area contributed by atoms with Crippen LogP contribution in [0.5, 0.6) is 0 Å². The van der Waals surface area contributed by atoms with E-state index in [2.05, 4.69) is 32.2 Å². The molecule has 2 aliphatic rings. The molecule has 1 aromatic carbocycles. The number of pyridine rings is 1. The summed E-state index contributed by atoms with van der Waals surface area (Å²) in [7, 11) is 0. The van der Waals surface area contributed by atoms with Gasteiger partial charge in [0.1, 0.15) is 11.6 Å². The van der Waals surface area contributed by atoms with E-state index in [0.29, 0.717) is 11.4 Å². The number of aromatic nitrogens is 1. The van der Waals surface area contributed by atoms with Crippen molar-refractivity contribution in [3.05, 3.63) is 52.4 Å². The Morgan fingerprint density at radius 2 is 1.87 bits per heavy atom. The predicted molar refractivity (Wildman–Crippen MR) is 119 cm³/mol. The zero-order valence-corrected chi connectivity index (χ0v) is 17.9. The minimum absolute atomic E-state index is 0.0638. The first-order chi connectivity index (χ1) is 14.6. The molecule has 1 saturated heterocycles. The number of piperazine rings is 1. The fourth-order valence-corrected chi connectivity index (χ4v) is 4.48. The summed E-state index contributed by atoms with van der Waals surface area (Å²) in [6.07, 6.45) is 5.72. The Labute approximate surface area is 182 Å². The minimum atomic E-state index is -0.294. The SMILES string of the molecule is O=C1CCc2ccc(CCCCCN3CCN(c4ccc(F)cc4Cl)CC3)nc2N1. The Bertz CT molecular complexity index is 899. The summed E-state index contributed by atoms with van der Waals surface area (Å²) in [6, 6.07) is 8.82. The third-order valence-corrected chi connectivity index (χ3v) is 6.25. The number of aryl methyl sites for hydroxylation is 2. The van der Waals surface area contributed by atoms with E-state index in [1.165, 1.54) is 18.6 Å². The molecule has 3 heterocycles. The molecule has 4 rings (SSSR count). The molecule has 1 fully saturated rings. The topological polar surface area (TPSA) is 48.5 Å². The number of nitrogens with zero attached hydrogens (tertiary/aromatic N) is 3. The monoisotopic (exact) mass is 430 g/mol. The first-order valence-electron chi connectivity index (χ1n) is 10.8. The lowest BCUT2D eigenvalue weighted by Crippen LogP contribution is -2.46. The highest BCUT2D eigenvalue weighted by atomic mass is 35.5. The van der Waals surface area contributed by atoms with Gasteiger partial charge in [-0.25, -0.2) is 9.37 Å². The van der Waals surface area contributed by atoms with Crippen LogP contribution in [0.1, 0.15) is 36.9 Å². The van der Waals surface area contributed by atoms with Crippen LogP contribution in [0.15, 0.2) is 30.3 Å². The smallest absolute Gasteiger partial charge is 0.225 e. The van der Waals surface area contributed by atoms with E-state index in [4.69, 9.17) is 11.6 Å². The molecule has 7 heteroatoms. The van der Waals surface area contributed by atoms with Crippen LogP contribution in [0.3, 0.4) is 0 Å². The van der Waals surface area contributed by atoms with Crippen molar-refractivity contribution >= 4 is 29.0 Å². The van der Waals surface area contributed by atoms with Gasteiger partial charge in [0.2, 0.25) is 5.91 Å². The van der Waals surface area contributed by atoms with Crippen LogP contribution in [-0.4, -0.2) is 48.5 Å². The number of carbonyl (C=O) groups is 1. The van der Waals surface area contributed by atoms with E-state index in [1.807, 2.05) is 0 Å². The minimum Gasteiger partial charge on any atom is -0.368 e. The number of halogens is 2. The third-order valence-electron chi connectivity index (χ3n) is 5.95. The largest absolute Gasteiger partial charge is 0.368 e. The highest BCUT2D eigenvalue weighted by Crippen LogP contribution is 2.27. The van der Waals surface area contributed by atoms with Gasteiger partial charge in [0.25, 0.3) is 0 Å².